The molecule has 2 N–H and O–H groups in total. The van der Waals surface area contributed by atoms with Crippen LogP contribution in [0.5, 0.6) is 0 Å². The SMILES string of the molecule is Cc1cc(CO)cc(S(=O)(=O)NC2CC3CCC2O3)c1C. The van der Waals surface area contributed by atoms with Crippen molar-refractivity contribution in [1.82, 2.24) is 4.72 Å². The van der Waals surface area contributed by atoms with Crippen LogP contribution in [0.15, 0.2) is 17.0 Å². The topological polar surface area (TPSA) is 75.6 Å². The van der Waals surface area contributed by atoms with E-state index in [1.807, 2.05) is 13.0 Å². The Bertz CT molecular complexity index is 656. The largest absolute Gasteiger partial charge is 0.392 e. The normalized spacial score (nSPS) is 28.2. The average molecular weight is 311 g/mol. The zero-order valence-corrected chi connectivity index (χ0v) is 13.1. The molecule has 2 aliphatic rings. The highest BCUT2D eigenvalue weighted by Crippen LogP contribution is 2.35. The molecule has 2 bridgehead atoms. The van der Waals surface area contributed by atoms with Crippen LogP contribution < -0.4 is 4.72 Å². The third-order valence-corrected chi connectivity index (χ3v) is 6.18. The van der Waals surface area contributed by atoms with Crippen LogP contribution in [-0.4, -0.2) is 31.8 Å². The summed E-state index contributed by atoms with van der Waals surface area (Å²) in [6.45, 7) is 3.48. The Morgan fingerprint density at radius 1 is 1.33 bits per heavy atom. The predicted molar refractivity (Wildman–Crippen MR) is 78.5 cm³/mol. The van der Waals surface area contributed by atoms with E-state index in [1.54, 1.807) is 13.0 Å². The van der Waals surface area contributed by atoms with Gasteiger partial charge in [-0.2, -0.15) is 0 Å². The first-order valence-electron chi connectivity index (χ1n) is 7.29. The summed E-state index contributed by atoms with van der Waals surface area (Å²) >= 11 is 0. The molecule has 0 amide bonds. The van der Waals surface area contributed by atoms with Gasteiger partial charge in [-0.25, -0.2) is 13.1 Å². The number of sulfonamides is 1. The number of aliphatic hydroxyl groups excluding tert-OH is 1. The Kier molecular flexibility index (Phi) is 3.81. The fraction of sp³-hybridized carbons (Fsp3) is 0.600. The van der Waals surface area contributed by atoms with Crippen LogP contribution >= 0.6 is 0 Å². The van der Waals surface area contributed by atoms with Crippen LogP contribution in [0.4, 0.5) is 0 Å². The first-order valence-corrected chi connectivity index (χ1v) is 8.78. The lowest BCUT2D eigenvalue weighted by atomic mass is 9.96. The van der Waals surface area contributed by atoms with Crippen LogP contribution in [0.25, 0.3) is 0 Å². The molecule has 0 aromatic heterocycles. The molecule has 3 rings (SSSR count). The van der Waals surface area contributed by atoms with E-state index >= 15 is 0 Å². The first-order chi connectivity index (χ1) is 9.90. The average Bonchev–Trinajstić information content (AvgIpc) is 3.03. The first kappa shape index (κ1) is 15.0. The fourth-order valence-electron chi connectivity index (χ4n) is 3.29. The van der Waals surface area contributed by atoms with Crippen molar-refractivity contribution in [2.45, 2.75) is 62.9 Å². The lowest BCUT2D eigenvalue weighted by Gasteiger charge is -2.21. The molecule has 0 aliphatic carbocycles. The summed E-state index contributed by atoms with van der Waals surface area (Å²) in [4.78, 5) is 0.259. The van der Waals surface area contributed by atoms with Crippen LogP contribution in [0.1, 0.15) is 36.0 Å². The lowest BCUT2D eigenvalue weighted by molar-refractivity contribution is 0.0996. The van der Waals surface area contributed by atoms with Gasteiger partial charge in [0.25, 0.3) is 0 Å². The van der Waals surface area contributed by atoms with Crippen LogP contribution in [0.3, 0.4) is 0 Å². The molecule has 2 aliphatic heterocycles. The molecule has 116 valence electrons. The van der Waals surface area contributed by atoms with Crippen molar-refractivity contribution in [1.29, 1.82) is 0 Å². The second-order valence-electron chi connectivity index (χ2n) is 6.03. The van der Waals surface area contributed by atoms with E-state index in [9.17, 15) is 13.5 Å². The minimum absolute atomic E-state index is 0.00667. The summed E-state index contributed by atoms with van der Waals surface area (Å²) in [7, 11) is -3.59. The maximum Gasteiger partial charge on any atom is 0.241 e. The predicted octanol–water partition coefficient (Wildman–Crippen LogP) is 1.39. The third-order valence-electron chi connectivity index (χ3n) is 4.56. The number of ether oxygens (including phenoxy) is 1. The number of hydrogen-bond donors (Lipinski definition) is 2. The molecule has 2 heterocycles. The molecular weight excluding hydrogens is 290 g/mol. The van der Waals surface area contributed by atoms with E-state index in [0.717, 1.165) is 30.4 Å². The fourth-order valence-corrected chi connectivity index (χ4v) is 4.94. The van der Waals surface area contributed by atoms with Gasteiger partial charge >= 0.3 is 0 Å². The zero-order valence-electron chi connectivity index (χ0n) is 12.3. The molecular formula is C15H21NO4S. The van der Waals surface area contributed by atoms with Gasteiger partial charge in [0.05, 0.1) is 29.8 Å². The van der Waals surface area contributed by atoms with Crippen molar-refractivity contribution in [3.05, 3.63) is 28.8 Å². The van der Waals surface area contributed by atoms with Gasteiger partial charge in [-0.15, -0.1) is 0 Å². The molecule has 0 spiro atoms. The van der Waals surface area contributed by atoms with Crippen LogP contribution in [0.2, 0.25) is 0 Å². The van der Waals surface area contributed by atoms with E-state index in [-0.39, 0.29) is 29.8 Å². The number of hydrogen-bond acceptors (Lipinski definition) is 4. The molecule has 2 fully saturated rings. The number of aliphatic hydroxyl groups is 1. The molecule has 1 aromatic carbocycles. The third kappa shape index (κ3) is 2.73. The highest BCUT2D eigenvalue weighted by atomic mass is 32.2. The molecule has 0 saturated carbocycles. The molecule has 1 aromatic rings. The van der Waals surface area contributed by atoms with Crippen molar-refractivity contribution >= 4 is 10.0 Å². The van der Waals surface area contributed by atoms with Gasteiger partial charge in [0, 0.05) is 0 Å². The number of benzene rings is 1. The van der Waals surface area contributed by atoms with Crippen LogP contribution in [-0.2, 0) is 21.4 Å². The quantitative estimate of drug-likeness (QED) is 0.881. The Morgan fingerprint density at radius 2 is 2.10 bits per heavy atom. The van der Waals surface area contributed by atoms with Crippen LogP contribution in [0, 0.1) is 13.8 Å². The molecule has 0 radical (unpaired) electrons. The minimum Gasteiger partial charge on any atom is -0.392 e. The maximum absolute atomic E-state index is 12.7. The number of aryl methyl sites for hydroxylation is 1. The van der Waals surface area contributed by atoms with E-state index in [4.69, 9.17) is 4.74 Å². The molecule has 21 heavy (non-hydrogen) atoms. The molecule has 3 unspecified atom stereocenters. The van der Waals surface area contributed by atoms with Crippen molar-refractivity contribution in [3.63, 3.8) is 0 Å². The summed E-state index contributed by atoms with van der Waals surface area (Å²) in [5, 5.41) is 9.28. The Hall–Kier alpha value is -0.950. The molecule has 2 saturated heterocycles. The van der Waals surface area contributed by atoms with Gasteiger partial charge in [-0.1, -0.05) is 6.07 Å². The standard InChI is InChI=1S/C15H21NO4S/c1-9-5-11(8-17)6-15(10(9)2)21(18,19)16-13-7-12-3-4-14(13)20-12/h5-6,12-14,16-17H,3-4,7-8H2,1-2H3. The summed E-state index contributed by atoms with van der Waals surface area (Å²) in [5.41, 5.74) is 2.21. The smallest absolute Gasteiger partial charge is 0.241 e. The summed E-state index contributed by atoms with van der Waals surface area (Å²) in [6, 6.07) is 3.24. The summed E-state index contributed by atoms with van der Waals surface area (Å²) < 4.78 is 33.8. The highest BCUT2D eigenvalue weighted by molar-refractivity contribution is 7.89. The van der Waals surface area contributed by atoms with E-state index in [1.165, 1.54) is 0 Å². The number of rotatable bonds is 4. The highest BCUT2D eigenvalue weighted by Gasteiger charge is 2.42. The summed E-state index contributed by atoms with van der Waals surface area (Å²) in [5.74, 6) is 0. The molecule has 3 atom stereocenters. The maximum atomic E-state index is 12.7. The minimum atomic E-state index is -3.59. The van der Waals surface area contributed by atoms with Gasteiger partial charge in [-0.05, 0) is 55.9 Å². The van der Waals surface area contributed by atoms with Crippen molar-refractivity contribution in [2.75, 3.05) is 0 Å². The lowest BCUT2D eigenvalue weighted by Crippen LogP contribution is -2.41. The Balaban J connectivity index is 1.89. The number of fused-ring (bicyclic) bond motifs is 2. The van der Waals surface area contributed by atoms with Crippen molar-refractivity contribution in [3.8, 4) is 0 Å². The molecule has 6 heteroatoms. The van der Waals surface area contributed by atoms with Gasteiger partial charge in [-0.3, -0.25) is 0 Å². The van der Waals surface area contributed by atoms with Crippen molar-refractivity contribution < 1.29 is 18.3 Å². The summed E-state index contributed by atoms with van der Waals surface area (Å²) in [6.07, 6.45) is 2.91. The van der Waals surface area contributed by atoms with Crippen molar-refractivity contribution in [2.24, 2.45) is 0 Å². The second kappa shape index (κ2) is 5.35. The second-order valence-corrected chi connectivity index (χ2v) is 7.71. The Labute approximate surface area is 125 Å². The Morgan fingerprint density at radius 3 is 2.67 bits per heavy atom. The number of nitrogens with one attached hydrogen (secondary N) is 1. The van der Waals surface area contributed by atoms with E-state index < -0.39 is 10.0 Å². The van der Waals surface area contributed by atoms with Gasteiger partial charge in [0.2, 0.25) is 10.0 Å². The zero-order chi connectivity index (χ0) is 15.2. The van der Waals surface area contributed by atoms with Gasteiger partial charge in [0.1, 0.15) is 0 Å². The van der Waals surface area contributed by atoms with Gasteiger partial charge in [0.15, 0.2) is 0 Å². The van der Waals surface area contributed by atoms with E-state index in [0.29, 0.717) is 5.56 Å². The van der Waals surface area contributed by atoms with Gasteiger partial charge < -0.3 is 9.84 Å². The molecule has 5 nitrogen and oxygen atoms in total. The monoisotopic (exact) mass is 311 g/mol. The van der Waals surface area contributed by atoms with E-state index in [2.05, 4.69) is 4.72 Å².